The molecule has 0 saturated carbocycles. The standard InChI is InChI=1S/C10H9FN2O2/c1-2-9-12-10(15-13-9)7-4-3-6(14)5-8(7)11/h3-5,14H,2H2,1H3. The Morgan fingerprint density at radius 2 is 2.27 bits per heavy atom. The van der Waals surface area contributed by atoms with Crippen LogP contribution in [0.2, 0.25) is 0 Å². The number of rotatable bonds is 2. The molecule has 0 fully saturated rings. The molecule has 5 heteroatoms. The number of phenols is 1. The van der Waals surface area contributed by atoms with E-state index in [1.54, 1.807) is 0 Å². The van der Waals surface area contributed by atoms with Gasteiger partial charge < -0.3 is 9.63 Å². The highest BCUT2D eigenvalue weighted by atomic mass is 19.1. The molecule has 78 valence electrons. The van der Waals surface area contributed by atoms with E-state index in [4.69, 9.17) is 9.63 Å². The van der Waals surface area contributed by atoms with Crippen molar-refractivity contribution in [3.05, 3.63) is 29.8 Å². The molecule has 0 amide bonds. The molecule has 0 saturated heterocycles. The highest BCUT2D eigenvalue weighted by Crippen LogP contribution is 2.24. The van der Waals surface area contributed by atoms with Crippen LogP contribution in [0.1, 0.15) is 12.7 Å². The van der Waals surface area contributed by atoms with Crippen molar-refractivity contribution >= 4 is 0 Å². The summed E-state index contributed by atoms with van der Waals surface area (Å²) in [6.07, 6.45) is 0.628. The van der Waals surface area contributed by atoms with E-state index in [0.29, 0.717) is 12.2 Å². The van der Waals surface area contributed by atoms with Gasteiger partial charge in [0.15, 0.2) is 5.82 Å². The van der Waals surface area contributed by atoms with E-state index in [1.807, 2.05) is 6.92 Å². The predicted octanol–water partition coefficient (Wildman–Crippen LogP) is 2.14. The molecule has 0 bridgehead atoms. The van der Waals surface area contributed by atoms with Crippen LogP contribution >= 0.6 is 0 Å². The summed E-state index contributed by atoms with van der Waals surface area (Å²) in [5.74, 6) is -0.0605. The Hall–Kier alpha value is -1.91. The smallest absolute Gasteiger partial charge is 0.260 e. The third-order valence-electron chi connectivity index (χ3n) is 1.97. The van der Waals surface area contributed by atoms with Crippen LogP contribution in [0.5, 0.6) is 5.75 Å². The monoisotopic (exact) mass is 208 g/mol. The highest BCUT2D eigenvalue weighted by molar-refractivity contribution is 5.55. The lowest BCUT2D eigenvalue weighted by Crippen LogP contribution is -1.85. The molecular formula is C10H9FN2O2. The topological polar surface area (TPSA) is 59.2 Å². The minimum atomic E-state index is -0.582. The second kappa shape index (κ2) is 3.68. The molecule has 1 aromatic carbocycles. The van der Waals surface area contributed by atoms with Crippen molar-refractivity contribution in [3.8, 4) is 17.2 Å². The number of aryl methyl sites for hydroxylation is 1. The molecule has 1 heterocycles. The molecule has 2 aromatic rings. The summed E-state index contributed by atoms with van der Waals surface area (Å²) in [6.45, 7) is 1.88. The first-order valence-corrected chi connectivity index (χ1v) is 4.52. The minimum Gasteiger partial charge on any atom is -0.508 e. The van der Waals surface area contributed by atoms with Crippen LogP contribution < -0.4 is 0 Å². The Kier molecular flexibility index (Phi) is 2.37. The average molecular weight is 208 g/mol. The Bertz CT molecular complexity index is 482. The van der Waals surface area contributed by atoms with Crippen LogP contribution in [0, 0.1) is 5.82 Å². The largest absolute Gasteiger partial charge is 0.508 e. The lowest BCUT2D eigenvalue weighted by atomic mass is 10.2. The van der Waals surface area contributed by atoms with Gasteiger partial charge in [-0.1, -0.05) is 12.1 Å². The summed E-state index contributed by atoms with van der Waals surface area (Å²) < 4.78 is 18.2. The first-order valence-electron chi connectivity index (χ1n) is 4.52. The zero-order chi connectivity index (χ0) is 10.8. The average Bonchev–Trinajstić information content (AvgIpc) is 2.66. The van der Waals surface area contributed by atoms with Gasteiger partial charge in [-0.05, 0) is 12.1 Å². The van der Waals surface area contributed by atoms with E-state index >= 15 is 0 Å². The molecule has 1 N–H and O–H groups in total. The maximum atomic E-state index is 13.4. The number of aromatic hydroxyl groups is 1. The van der Waals surface area contributed by atoms with Gasteiger partial charge in [0.2, 0.25) is 0 Å². The zero-order valence-corrected chi connectivity index (χ0v) is 8.07. The third kappa shape index (κ3) is 1.81. The fourth-order valence-corrected chi connectivity index (χ4v) is 1.18. The molecule has 0 spiro atoms. The molecule has 1 aromatic heterocycles. The molecule has 2 rings (SSSR count). The molecule has 0 aliphatic carbocycles. The Morgan fingerprint density at radius 3 is 2.87 bits per heavy atom. The van der Waals surface area contributed by atoms with E-state index in [-0.39, 0.29) is 17.2 Å². The first-order chi connectivity index (χ1) is 7.20. The van der Waals surface area contributed by atoms with Crippen molar-refractivity contribution in [2.75, 3.05) is 0 Å². The Balaban J connectivity index is 2.44. The van der Waals surface area contributed by atoms with Crippen molar-refractivity contribution < 1.29 is 14.0 Å². The molecular weight excluding hydrogens is 199 g/mol. The van der Waals surface area contributed by atoms with Gasteiger partial charge in [0.25, 0.3) is 5.89 Å². The summed E-state index contributed by atoms with van der Waals surface area (Å²) in [5, 5.41) is 12.7. The SMILES string of the molecule is CCc1noc(-c2ccc(O)cc2F)n1. The molecule has 15 heavy (non-hydrogen) atoms. The second-order valence-corrected chi connectivity index (χ2v) is 3.03. The predicted molar refractivity (Wildman–Crippen MR) is 50.7 cm³/mol. The van der Waals surface area contributed by atoms with Gasteiger partial charge in [-0.3, -0.25) is 0 Å². The highest BCUT2D eigenvalue weighted by Gasteiger charge is 2.12. The first kappa shape index (κ1) is 9.64. The number of phenolic OH excluding ortho intramolecular Hbond substituents is 1. The number of hydrogen-bond donors (Lipinski definition) is 1. The summed E-state index contributed by atoms with van der Waals surface area (Å²) in [4.78, 5) is 3.99. The number of halogens is 1. The van der Waals surface area contributed by atoms with Crippen molar-refractivity contribution in [2.24, 2.45) is 0 Å². The van der Waals surface area contributed by atoms with E-state index in [0.717, 1.165) is 6.07 Å². The lowest BCUT2D eigenvalue weighted by Gasteiger charge is -1.97. The summed E-state index contributed by atoms with van der Waals surface area (Å²) >= 11 is 0. The fourth-order valence-electron chi connectivity index (χ4n) is 1.18. The molecule has 0 radical (unpaired) electrons. The van der Waals surface area contributed by atoms with Crippen molar-refractivity contribution in [3.63, 3.8) is 0 Å². The van der Waals surface area contributed by atoms with E-state index in [9.17, 15) is 4.39 Å². The third-order valence-corrected chi connectivity index (χ3v) is 1.97. The quantitative estimate of drug-likeness (QED) is 0.821. The summed E-state index contributed by atoms with van der Waals surface area (Å²) in [6, 6.07) is 3.77. The van der Waals surface area contributed by atoms with Gasteiger partial charge >= 0.3 is 0 Å². The van der Waals surface area contributed by atoms with Crippen molar-refractivity contribution in [1.82, 2.24) is 10.1 Å². The van der Waals surface area contributed by atoms with Crippen LogP contribution in [0.25, 0.3) is 11.5 Å². The number of benzene rings is 1. The van der Waals surface area contributed by atoms with Crippen molar-refractivity contribution in [2.45, 2.75) is 13.3 Å². The van der Waals surface area contributed by atoms with Crippen LogP contribution in [-0.4, -0.2) is 15.2 Å². The Labute approximate surface area is 85.4 Å². The minimum absolute atomic E-state index is 0.129. The van der Waals surface area contributed by atoms with Gasteiger partial charge in [0, 0.05) is 12.5 Å². The maximum Gasteiger partial charge on any atom is 0.260 e. The van der Waals surface area contributed by atoms with Crippen LogP contribution in [0.3, 0.4) is 0 Å². The second-order valence-electron chi connectivity index (χ2n) is 3.03. The number of aromatic nitrogens is 2. The normalized spacial score (nSPS) is 10.5. The van der Waals surface area contributed by atoms with Crippen LogP contribution in [-0.2, 0) is 6.42 Å². The lowest BCUT2D eigenvalue weighted by molar-refractivity contribution is 0.420. The maximum absolute atomic E-state index is 13.4. The van der Waals surface area contributed by atoms with E-state index in [2.05, 4.69) is 10.1 Å². The van der Waals surface area contributed by atoms with Crippen LogP contribution in [0.4, 0.5) is 4.39 Å². The molecule has 0 atom stereocenters. The van der Waals surface area contributed by atoms with Gasteiger partial charge in [-0.25, -0.2) is 4.39 Å². The van der Waals surface area contributed by atoms with Gasteiger partial charge in [-0.15, -0.1) is 0 Å². The molecule has 0 aliphatic rings. The van der Waals surface area contributed by atoms with E-state index in [1.165, 1.54) is 12.1 Å². The van der Waals surface area contributed by atoms with E-state index < -0.39 is 5.82 Å². The van der Waals surface area contributed by atoms with Crippen LogP contribution in [0.15, 0.2) is 22.7 Å². The molecule has 4 nitrogen and oxygen atoms in total. The number of nitrogens with zero attached hydrogens (tertiary/aromatic N) is 2. The Morgan fingerprint density at radius 1 is 1.47 bits per heavy atom. The fraction of sp³-hybridized carbons (Fsp3) is 0.200. The van der Waals surface area contributed by atoms with Gasteiger partial charge in [-0.2, -0.15) is 4.98 Å². The van der Waals surface area contributed by atoms with Crippen molar-refractivity contribution in [1.29, 1.82) is 0 Å². The zero-order valence-electron chi connectivity index (χ0n) is 8.07. The van der Waals surface area contributed by atoms with Gasteiger partial charge in [0.05, 0.1) is 5.56 Å². The van der Waals surface area contributed by atoms with Gasteiger partial charge in [0.1, 0.15) is 11.6 Å². The molecule has 0 aliphatic heterocycles. The number of hydrogen-bond acceptors (Lipinski definition) is 4. The summed E-state index contributed by atoms with van der Waals surface area (Å²) in [5.41, 5.74) is 0.194. The molecule has 0 unspecified atom stereocenters. The summed E-state index contributed by atoms with van der Waals surface area (Å²) in [7, 11) is 0.